The molecule has 2 rings (SSSR count). The van der Waals surface area contributed by atoms with Gasteiger partial charge in [-0.05, 0) is 9.79 Å². The van der Waals surface area contributed by atoms with Gasteiger partial charge in [0.2, 0.25) is 0 Å². The van der Waals surface area contributed by atoms with Gasteiger partial charge in [-0.1, -0.05) is 88.4 Å². The molecule has 0 heterocycles. The molecule has 0 aliphatic rings. The maximum atomic E-state index is 2.41. The fourth-order valence-corrected chi connectivity index (χ4v) is 6.43. The van der Waals surface area contributed by atoms with E-state index in [-0.39, 0.29) is 18.9 Å². The van der Waals surface area contributed by atoms with Gasteiger partial charge in [-0.15, -0.1) is 0 Å². The summed E-state index contributed by atoms with van der Waals surface area (Å²) in [4.78, 5) is 2.67. The molecule has 0 aromatic heterocycles. The van der Waals surface area contributed by atoms with E-state index < -0.39 is 8.07 Å². The molecule has 4 heteroatoms. The van der Waals surface area contributed by atoms with Crippen molar-refractivity contribution >= 4 is 31.6 Å². The van der Waals surface area contributed by atoms with E-state index in [1.165, 1.54) is 9.79 Å². The Morgan fingerprint density at radius 2 is 1.05 bits per heavy atom. The summed E-state index contributed by atoms with van der Waals surface area (Å²) in [5, 5.41) is 0. The molecule has 2 aromatic carbocycles. The second-order valence-corrected chi connectivity index (χ2v) is 13.5. The van der Waals surface area contributed by atoms with Crippen molar-refractivity contribution in [2.24, 2.45) is 0 Å². The summed E-state index contributed by atoms with van der Waals surface area (Å²) >= 11 is 3.86. The largest absolute Gasteiger partial charge is 1.00 e. The molecular weight excluding hydrogens is 291 g/mol. The van der Waals surface area contributed by atoms with E-state index in [1.54, 1.807) is 4.21 Å². The molecule has 0 nitrogen and oxygen atoms in total. The van der Waals surface area contributed by atoms with Crippen molar-refractivity contribution in [1.29, 1.82) is 0 Å². The average molecular weight is 310 g/mol. The molecule has 0 amide bonds. The summed E-state index contributed by atoms with van der Waals surface area (Å²) in [6, 6.07) is 21.3. The van der Waals surface area contributed by atoms with Gasteiger partial charge in [-0.3, -0.25) is 0 Å². The minimum Gasteiger partial charge on any atom is -0.304 e. The third kappa shape index (κ3) is 5.75. The molecule has 0 aliphatic heterocycles. The van der Waals surface area contributed by atoms with Crippen molar-refractivity contribution in [1.82, 2.24) is 0 Å². The number of benzene rings is 2. The quantitative estimate of drug-likeness (QED) is 0.473. The maximum absolute atomic E-state index is 2.41. The van der Waals surface area contributed by atoms with Crippen molar-refractivity contribution in [2.75, 3.05) is 0 Å². The van der Waals surface area contributed by atoms with Crippen LogP contribution in [-0.2, 0) is 0 Å². The van der Waals surface area contributed by atoms with Gasteiger partial charge in [0.05, 0.1) is 0 Å². The Balaban J connectivity index is 0.00000200. The second-order valence-electron chi connectivity index (χ2n) is 5.37. The number of thioether (sulfide) groups is 2. The van der Waals surface area contributed by atoms with E-state index in [9.17, 15) is 0 Å². The third-order valence-corrected chi connectivity index (χ3v) is 9.92. The summed E-state index contributed by atoms with van der Waals surface area (Å²) < 4.78 is 1.56. The van der Waals surface area contributed by atoms with Crippen LogP contribution < -0.4 is 18.9 Å². The van der Waals surface area contributed by atoms with Crippen LogP contribution in [0.3, 0.4) is 0 Å². The summed E-state index contributed by atoms with van der Waals surface area (Å²) in [7, 11) is -1.31. The molecule has 0 unspecified atom stereocenters. The number of rotatable bonds is 5. The molecule has 0 N–H and O–H groups in total. The predicted molar refractivity (Wildman–Crippen MR) is 91.2 cm³/mol. The van der Waals surface area contributed by atoms with E-state index in [0.29, 0.717) is 0 Å². The van der Waals surface area contributed by atoms with Gasteiger partial charge in [0.25, 0.3) is 0 Å². The standard InChI is InChI=1S/C16H19S2Si.Li/c1-19(2,3)16(17-14-10-6-4-7-11-14)18-15-12-8-5-9-13-15;/h4-13H,1-3H3;/q-1;+1. The number of hydrogen-bond acceptors (Lipinski definition) is 2. The first-order valence-electron chi connectivity index (χ1n) is 6.39. The zero-order valence-corrected chi connectivity index (χ0v) is 15.2. The molecule has 0 saturated carbocycles. The minimum atomic E-state index is -1.31. The van der Waals surface area contributed by atoms with Crippen LogP contribution >= 0.6 is 23.5 Å². The monoisotopic (exact) mass is 310 g/mol. The van der Waals surface area contributed by atoms with Crippen molar-refractivity contribution in [3.8, 4) is 0 Å². The fourth-order valence-electron chi connectivity index (χ4n) is 1.52. The zero-order chi connectivity index (χ0) is 13.7. The van der Waals surface area contributed by atoms with E-state index >= 15 is 0 Å². The Bertz CT molecular complexity index is 455. The molecule has 0 spiro atoms. The predicted octanol–water partition coefficient (Wildman–Crippen LogP) is 2.94. The van der Waals surface area contributed by atoms with E-state index in [4.69, 9.17) is 0 Å². The second kappa shape index (κ2) is 8.41. The van der Waals surface area contributed by atoms with E-state index in [2.05, 4.69) is 80.3 Å². The van der Waals surface area contributed by atoms with Crippen LogP contribution in [-0.4, -0.2) is 8.07 Å². The van der Waals surface area contributed by atoms with Crippen LogP contribution in [0.5, 0.6) is 0 Å². The Morgan fingerprint density at radius 3 is 1.35 bits per heavy atom. The topological polar surface area (TPSA) is 0 Å². The SMILES string of the molecule is C[Si](C)(C)[C-](Sc1ccccc1)Sc1ccccc1.[Li+]. The minimum absolute atomic E-state index is 0. The van der Waals surface area contributed by atoms with Crippen molar-refractivity contribution in [3.63, 3.8) is 0 Å². The Morgan fingerprint density at radius 1 is 0.700 bits per heavy atom. The Kier molecular flexibility index (Phi) is 7.57. The smallest absolute Gasteiger partial charge is 0.304 e. The van der Waals surface area contributed by atoms with E-state index in [1.807, 2.05) is 23.5 Å². The normalized spacial score (nSPS) is 11.2. The van der Waals surface area contributed by atoms with Gasteiger partial charge >= 0.3 is 18.9 Å². The first-order valence-corrected chi connectivity index (χ1v) is 11.5. The third-order valence-electron chi connectivity index (χ3n) is 2.52. The molecule has 2 aromatic rings. The fraction of sp³-hybridized carbons (Fsp3) is 0.188. The molecule has 0 saturated heterocycles. The van der Waals surface area contributed by atoms with Crippen LogP contribution in [0.15, 0.2) is 70.5 Å². The van der Waals surface area contributed by atoms with Gasteiger partial charge in [-0.25, -0.2) is 0 Å². The molecule has 0 fully saturated rings. The average Bonchev–Trinajstić information content (AvgIpc) is 2.39. The van der Waals surface area contributed by atoms with Gasteiger partial charge in [0, 0.05) is 0 Å². The summed E-state index contributed by atoms with van der Waals surface area (Å²) in [6.07, 6.45) is 0. The summed E-state index contributed by atoms with van der Waals surface area (Å²) in [5.74, 6) is 0. The van der Waals surface area contributed by atoms with Crippen molar-refractivity contribution in [2.45, 2.75) is 29.4 Å². The molecule has 0 radical (unpaired) electrons. The van der Waals surface area contributed by atoms with Gasteiger partial charge in [0.1, 0.15) is 0 Å². The first-order chi connectivity index (χ1) is 9.05. The van der Waals surface area contributed by atoms with Crippen LogP contribution in [0.2, 0.25) is 19.6 Å². The first kappa shape index (κ1) is 18.0. The molecule has 100 valence electrons. The van der Waals surface area contributed by atoms with Crippen molar-refractivity contribution in [3.05, 3.63) is 64.9 Å². The Hall–Kier alpha value is -0.0457. The maximum Gasteiger partial charge on any atom is 1.00 e. The van der Waals surface area contributed by atoms with Gasteiger partial charge < -0.3 is 23.5 Å². The summed E-state index contributed by atoms with van der Waals surface area (Å²) in [5.41, 5.74) is 0. The van der Waals surface area contributed by atoms with Crippen LogP contribution in [0.4, 0.5) is 0 Å². The van der Waals surface area contributed by atoms with E-state index in [0.717, 1.165) is 0 Å². The van der Waals surface area contributed by atoms with Crippen LogP contribution in [0.1, 0.15) is 0 Å². The number of hydrogen-bond donors (Lipinski definition) is 0. The van der Waals surface area contributed by atoms with Crippen LogP contribution in [0.25, 0.3) is 0 Å². The van der Waals surface area contributed by atoms with Gasteiger partial charge in [-0.2, -0.15) is 4.21 Å². The molecule has 0 atom stereocenters. The summed E-state index contributed by atoms with van der Waals surface area (Å²) in [6.45, 7) is 7.23. The molecule has 20 heavy (non-hydrogen) atoms. The zero-order valence-electron chi connectivity index (χ0n) is 12.6. The molecule has 0 aliphatic carbocycles. The van der Waals surface area contributed by atoms with Crippen LogP contribution in [0, 0.1) is 4.21 Å². The van der Waals surface area contributed by atoms with Gasteiger partial charge in [0.15, 0.2) is 0 Å². The molecular formula is C16H19LiS2Si. The Labute approximate surface area is 144 Å². The molecule has 0 bridgehead atoms. The van der Waals surface area contributed by atoms with Crippen molar-refractivity contribution < 1.29 is 18.9 Å².